The lowest BCUT2D eigenvalue weighted by atomic mass is 10.1. The van der Waals surface area contributed by atoms with Crippen molar-refractivity contribution in [1.29, 1.82) is 0 Å². The third-order valence-corrected chi connectivity index (χ3v) is 4.70. The van der Waals surface area contributed by atoms with Crippen molar-refractivity contribution in [3.8, 4) is 0 Å². The number of nitrogens with zero attached hydrogens (tertiary/aromatic N) is 2. The lowest BCUT2D eigenvalue weighted by molar-refractivity contribution is -0.385. The van der Waals surface area contributed by atoms with Crippen molar-refractivity contribution in [2.45, 2.75) is 32.7 Å². The minimum absolute atomic E-state index is 0.0800. The van der Waals surface area contributed by atoms with E-state index in [2.05, 4.69) is 10.2 Å². The van der Waals surface area contributed by atoms with Gasteiger partial charge in [-0.2, -0.15) is 0 Å². The number of anilines is 1. The van der Waals surface area contributed by atoms with Crippen molar-refractivity contribution in [3.63, 3.8) is 0 Å². The molecule has 0 unspecified atom stereocenters. The standard InChI is InChI=1S/C20H23N3O3/c1-15-7-5-10-18(19(15)23(25)26)20(24)21-17-9-6-8-16(13-17)14-22-11-3-2-4-12-22/h5-10,13H,2-4,11-12,14H2,1H3,(H,21,24). The second-order valence-corrected chi connectivity index (χ2v) is 6.72. The van der Waals surface area contributed by atoms with Crippen LogP contribution in [-0.4, -0.2) is 28.8 Å². The van der Waals surface area contributed by atoms with E-state index >= 15 is 0 Å². The summed E-state index contributed by atoms with van der Waals surface area (Å²) < 4.78 is 0. The Kier molecular flexibility index (Phi) is 5.63. The molecule has 2 aromatic carbocycles. The number of likely N-dealkylation sites (tertiary alicyclic amines) is 1. The van der Waals surface area contributed by atoms with E-state index in [0.29, 0.717) is 11.3 Å². The monoisotopic (exact) mass is 353 g/mol. The van der Waals surface area contributed by atoms with Crippen LogP contribution in [0.1, 0.15) is 40.7 Å². The Balaban J connectivity index is 1.75. The highest BCUT2D eigenvalue weighted by molar-refractivity contribution is 6.07. The summed E-state index contributed by atoms with van der Waals surface area (Å²) in [4.78, 5) is 25.8. The number of nitrogens with one attached hydrogen (secondary N) is 1. The van der Waals surface area contributed by atoms with Gasteiger partial charge in [0.05, 0.1) is 4.92 Å². The third-order valence-electron chi connectivity index (χ3n) is 4.70. The van der Waals surface area contributed by atoms with E-state index < -0.39 is 10.8 Å². The lowest BCUT2D eigenvalue weighted by Gasteiger charge is -2.26. The Hall–Kier alpha value is -2.73. The molecular formula is C20H23N3O3. The van der Waals surface area contributed by atoms with Gasteiger partial charge in [0.25, 0.3) is 11.6 Å². The smallest absolute Gasteiger partial charge is 0.285 e. The highest BCUT2D eigenvalue weighted by Crippen LogP contribution is 2.24. The SMILES string of the molecule is Cc1cccc(C(=O)Nc2cccc(CN3CCCCC3)c2)c1[N+](=O)[O-]. The number of aryl methyl sites for hydroxylation is 1. The number of hydrogen-bond acceptors (Lipinski definition) is 4. The van der Waals surface area contributed by atoms with Crippen LogP contribution in [-0.2, 0) is 6.54 Å². The van der Waals surface area contributed by atoms with Crippen LogP contribution >= 0.6 is 0 Å². The van der Waals surface area contributed by atoms with Gasteiger partial charge in [0.1, 0.15) is 5.56 Å². The molecule has 6 nitrogen and oxygen atoms in total. The molecule has 0 bridgehead atoms. The number of carbonyl (C=O) groups excluding carboxylic acids is 1. The topological polar surface area (TPSA) is 75.5 Å². The third kappa shape index (κ3) is 4.26. The highest BCUT2D eigenvalue weighted by atomic mass is 16.6. The summed E-state index contributed by atoms with van der Waals surface area (Å²) in [7, 11) is 0. The number of rotatable bonds is 5. The summed E-state index contributed by atoms with van der Waals surface area (Å²) in [6.07, 6.45) is 3.75. The summed E-state index contributed by atoms with van der Waals surface area (Å²) in [6, 6.07) is 12.5. The van der Waals surface area contributed by atoms with E-state index in [9.17, 15) is 14.9 Å². The zero-order valence-corrected chi connectivity index (χ0v) is 14.9. The van der Waals surface area contributed by atoms with Crippen molar-refractivity contribution < 1.29 is 9.72 Å². The Morgan fingerprint density at radius 1 is 1.15 bits per heavy atom. The van der Waals surface area contributed by atoms with Gasteiger partial charge in [-0.15, -0.1) is 0 Å². The number of para-hydroxylation sites is 1. The summed E-state index contributed by atoms with van der Waals surface area (Å²) in [5, 5.41) is 14.1. The molecule has 0 aliphatic carbocycles. The number of carbonyl (C=O) groups is 1. The molecule has 1 aliphatic heterocycles. The first-order valence-electron chi connectivity index (χ1n) is 8.91. The van der Waals surface area contributed by atoms with Crippen LogP contribution in [0.2, 0.25) is 0 Å². The number of nitro benzene ring substituents is 1. The zero-order chi connectivity index (χ0) is 18.5. The molecule has 0 spiro atoms. The molecule has 136 valence electrons. The molecule has 1 aliphatic rings. The van der Waals surface area contributed by atoms with Gasteiger partial charge in [-0.1, -0.05) is 30.7 Å². The molecule has 1 heterocycles. The maximum Gasteiger partial charge on any atom is 0.285 e. The van der Waals surface area contributed by atoms with E-state index in [4.69, 9.17) is 0 Å². The molecule has 0 aromatic heterocycles. The van der Waals surface area contributed by atoms with Crippen molar-refractivity contribution in [3.05, 3.63) is 69.3 Å². The number of hydrogen-bond donors (Lipinski definition) is 1. The highest BCUT2D eigenvalue weighted by Gasteiger charge is 2.22. The van der Waals surface area contributed by atoms with Crippen molar-refractivity contribution in [2.24, 2.45) is 0 Å². The molecule has 26 heavy (non-hydrogen) atoms. The quantitative estimate of drug-likeness (QED) is 0.647. The molecule has 0 atom stereocenters. The van der Waals surface area contributed by atoms with Crippen LogP contribution in [0.15, 0.2) is 42.5 Å². The van der Waals surface area contributed by atoms with E-state index in [1.807, 2.05) is 18.2 Å². The molecule has 1 N–H and O–H groups in total. The van der Waals surface area contributed by atoms with Crippen molar-refractivity contribution in [1.82, 2.24) is 4.90 Å². The van der Waals surface area contributed by atoms with Gasteiger partial charge in [-0.25, -0.2) is 0 Å². The minimum atomic E-state index is -0.503. The maximum atomic E-state index is 12.6. The predicted molar refractivity (Wildman–Crippen MR) is 101 cm³/mol. The summed E-state index contributed by atoms with van der Waals surface area (Å²) in [5.41, 5.74) is 2.19. The first-order chi connectivity index (χ1) is 12.5. The van der Waals surface area contributed by atoms with E-state index in [1.165, 1.54) is 25.3 Å². The van der Waals surface area contributed by atoms with Gasteiger partial charge in [-0.05, 0) is 56.6 Å². The molecule has 1 saturated heterocycles. The molecule has 3 rings (SSSR count). The van der Waals surface area contributed by atoms with Crippen LogP contribution in [0.25, 0.3) is 0 Å². The number of amides is 1. The van der Waals surface area contributed by atoms with Gasteiger partial charge in [0.2, 0.25) is 0 Å². The lowest BCUT2D eigenvalue weighted by Crippen LogP contribution is -2.29. The number of nitro groups is 1. The summed E-state index contributed by atoms with van der Waals surface area (Å²) in [5.74, 6) is -0.462. The van der Waals surface area contributed by atoms with E-state index in [-0.39, 0.29) is 11.3 Å². The Morgan fingerprint density at radius 2 is 1.88 bits per heavy atom. The summed E-state index contributed by atoms with van der Waals surface area (Å²) >= 11 is 0. The number of benzene rings is 2. The molecule has 0 saturated carbocycles. The fraction of sp³-hybridized carbons (Fsp3) is 0.350. The first-order valence-corrected chi connectivity index (χ1v) is 8.91. The van der Waals surface area contributed by atoms with Crippen molar-refractivity contribution >= 4 is 17.3 Å². The van der Waals surface area contributed by atoms with Gasteiger partial charge in [-0.3, -0.25) is 19.8 Å². The van der Waals surface area contributed by atoms with E-state index in [1.54, 1.807) is 25.1 Å². The predicted octanol–water partition coefficient (Wildman–Crippen LogP) is 4.14. The number of piperidine rings is 1. The second kappa shape index (κ2) is 8.10. The second-order valence-electron chi connectivity index (χ2n) is 6.72. The average molecular weight is 353 g/mol. The molecule has 1 amide bonds. The van der Waals surface area contributed by atoms with Crippen LogP contribution in [0.4, 0.5) is 11.4 Å². The Bertz CT molecular complexity index is 814. The fourth-order valence-corrected chi connectivity index (χ4v) is 3.41. The van der Waals surface area contributed by atoms with Crippen LogP contribution in [0.3, 0.4) is 0 Å². The van der Waals surface area contributed by atoms with Gasteiger partial charge < -0.3 is 5.32 Å². The Morgan fingerprint density at radius 3 is 2.62 bits per heavy atom. The van der Waals surface area contributed by atoms with Gasteiger partial charge in [0, 0.05) is 17.8 Å². The van der Waals surface area contributed by atoms with Crippen molar-refractivity contribution in [2.75, 3.05) is 18.4 Å². The average Bonchev–Trinajstić information content (AvgIpc) is 2.62. The van der Waals surface area contributed by atoms with Crippen LogP contribution in [0, 0.1) is 17.0 Å². The molecule has 1 fully saturated rings. The maximum absolute atomic E-state index is 12.6. The Labute approximate surface area is 153 Å². The van der Waals surface area contributed by atoms with Gasteiger partial charge in [0.15, 0.2) is 0 Å². The molecule has 6 heteroatoms. The first kappa shape index (κ1) is 18.1. The summed E-state index contributed by atoms with van der Waals surface area (Å²) in [6.45, 7) is 4.70. The van der Waals surface area contributed by atoms with Crippen LogP contribution in [0.5, 0.6) is 0 Å². The molecular weight excluding hydrogens is 330 g/mol. The molecule has 2 aromatic rings. The largest absolute Gasteiger partial charge is 0.322 e. The van der Waals surface area contributed by atoms with Crippen LogP contribution < -0.4 is 5.32 Å². The minimum Gasteiger partial charge on any atom is -0.322 e. The van der Waals surface area contributed by atoms with Gasteiger partial charge >= 0.3 is 0 Å². The van der Waals surface area contributed by atoms with E-state index in [0.717, 1.165) is 25.2 Å². The zero-order valence-electron chi connectivity index (χ0n) is 14.9. The molecule has 0 radical (unpaired) electrons. The fourth-order valence-electron chi connectivity index (χ4n) is 3.41. The normalized spacial score (nSPS) is 14.8.